The van der Waals surface area contributed by atoms with E-state index in [0.717, 1.165) is 12.2 Å². The van der Waals surface area contributed by atoms with Crippen LogP contribution in [0.1, 0.15) is 37.3 Å². The standard InChI is InChI=1S/C25H26N2O5/c1-3-31-18-9-7-17(8-10-18)26-21(28)13-19(20-11-4-14(2)32-20)27-24(29)22-15-5-6-16(12-15)23(22)25(27)30/h4-11,15-16,19,22-23H,3,12-13H2,1-2H3,(H,26,28). The lowest BCUT2D eigenvalue weighted by atomic mass is 9.85. The number of carbonyl (C=O) groups is 3. The van der Waals surface area contributed by atoms with Crippen LogP contribution in [0, 0.1) is 30.6 Å². The zero-order chi connectivity index (χ0) is 22.4. The van der Waals surface area contributed by atoms with E-state index in [9.17, 15) is 14.4 Å². The van der Waals surface area contributed by atoms with Gasteiger partial charge in [-0.2, -0.15) is 0 Å². The Bertz CT molecular complexity index is 1060. The molecule has 1 aromatic heterocycles. The average Bonchev–Trinajstić information content (AvgIpc) is 3.53. The fraction of sp³-hybridized carbons (Fsp3) is 0.400. The van der Waals surface area contributed by atoms with Gasteiger partial charge in [-0.25, -0.2) is 0 Å². The summed E-state index contributed by atoms with van der Waals surface area (Å²) in [4.78, 5) is 40.9. The normalized spacial score (nSPS) is 26.5. The smallest absolute Gasteiger partial charge is 0.234 e. The molecule has 0 radical (unpaired) electrons. The van der Waals surface area contributed by atoms with Crippen molar-refractivity contribution < 1.29 is 23.5 Å². The Morgan fingerprint density at radius 2 is 1.75 bits per heavy atom. The predicted octanol–water partition coefficient (Wildman–Crippen LogP) is 3.86. The van der Waals surface area contributed by atoms with Gasteiger partial charge in [0.2, 0.25) is 17.7 Å². The number of benzene rings is 1. The number of imide groups is 1. The topological polar surface area (TPSA) is 88.8 Å². The van der Waals surface area contributed by atoms with Crippen molar-refractivity contribution in [2.24, 2.45) is 23.7 Å². The molecule has 3 aliphatic rings. The molecule has 3 amide bonds. The Kier molecular flexibility index (Phi) is 5.12. The first-order valence-electron chi connectivity index (χ1n) is 11.1. The molecule has 0 spiro atoms. The average molecular weight is 434 g/mol. The quantitative estimate of drug-likeness (QED) is 0.528. The van der Waals surface area contributed by atoms with Crippen molar-refractivity contribution in [1.29, 1.82) is 0 Å². The Balaban J connectivity index is 1.37. The van der Waals surface area contributed by atoms with E-state index >= 15 is 0 Å². The maximum absolute atomic E-state index is 13.3. The third kappa shape index (κ3) is 3.42. The number of furan rings is 1. The number of allylic oxidation sites excluding steroid dienone is 2. The molecule has 5 unspecified atom stereocenters. The minimum atomic E-state index is -0.767. The van der Waals surface area contributed by atoms with Crippen molar-refractivity contribution in [1.82, 2.24) is 4.90 Å². The molecule has 2 aromatic rings. The van der Waals surface area contributed by atoms with Gasteiger partial charge in [0.1, 0.15) is 23.3 Å². The molecule has 2 aliphatic carbocycles. The number of aryl methyl sites for hydroxylation is 1. The zero-order valence-electron chi connectivity index (χ0n) is 18.1. The van der Waals surface area contributed by atoms with E-state index in [4.69, 9.17) is 9.15 Å². The van der Waals surface area contributed by atoms with Crippen molar-refractivity contribution in [2.75, 3.05) is 11.9 Å². The van der Waals surface area contributed by atoms with Crippen LogP contribution in [0.25, 0.3) is 0 Å². The number of ether oxygens (including phenoxy) is 1. The molecule has 1 aromatic carbocycles. The minimum absolute atomic E-state index is 0.0696. The first-order valence-corrected chi connectivity index (χ1v) is 11.1. The molecule has 1 N–H and O–H groups in total. The molecular weight excluding hydrogens is 408 g/mol. The zero-order valence-corrected chi connectivity index (χ0v) is 18.1. The third-order valence-electron chi connectivity index (χ3n) is 6.73. The number of likely N-dealkylation sites (tertiary alicyclic amines) is 1. The molecule has 2 heterocycles. The van der Waals surface area contributed by atoms with Crippen LogP contribution < -0.4 is 10.1 Å². The van der Waals surface area contributed by atoms with E-state index in [1.54, 1.807) is 43.3 Å². The maximum atomic E-state index is 13.3. The first-order chi connectivity index (χ1) is 15.5. The van der Waals surface area contributed by atoms with E-state index in [1.165, 1.54) is 4.90 Å². The predicted molar refractivity (Wildman–Crippen MR) is 117 cm³/mol. The van der Waals surface area contributed by atoms with Gasteiger partial charge in [0, 0.05) is 5.69 Å². The Morgan fingerprint density at radius 1 is 1.09 bits per heavy atom. The number of rotatable bonds is 7. The highest BCUT2D eigenvalue weighted by atomic mass is 16.5. The van der Waals surface area contributed by atoms with E-state index in [-0.39, 0.29) is 47.8 Å². The molecule has 1 saturated heterocycles. The van der Waals surface area contributed by atoms with Gasteiger partial charge in [-0.15, -0.1) is 0 Å². The number of nitrogens with one attached hydrogen (secondary N) is 1. The van der Waals surface area contributed by atoms with Crippen LogP contribution in [0.5, 0.6) is 5.75 Å². The van der Waals surface area contributed by atoms with Crippen LogP contribution >= 0.6 is 0 Å². The molecule has 2 fully saturated rings. The summed E-state index contributed by atoms with van der Waals surface area (Å²) in [5.74, 6) is 0.755. The van der Waals surface area contributed by atoms with Crippen LogP contribution in [0.3, 0.4) is 0 Å². The van der Waals surface area contributed by atoms with E-state index in [2.05, 4.69) is 17.5 Å². The Morgan fingerprint density at radius 3 is 2.31 bits per heavy atom. The van der Waals surface area contributed by atoms with E-state index in [0.29, 0.717) is 23.8 Å². The Labute approximate surface area is 186 Å². The highest BCUT2D eigenvalue weighted by molar-refractivity contribution is 6.07. The van der Waals surface area contributed by atoms with Gasteiger partial charge in [-0.1, -0.05) is 12.2 Å². The molecule has 5 rings (SSSR count). The van der Waals surface area contributed by atoms with Crippen LogP contribution in [0.15, 0.2) is 53.0 Å². The number of amides is 3. The number of nitrogens with zero attached hydrogens (tertiary/aromatic N) is 1. The SMILES string of the molecule is CCOc1ccc(NC(=O)CC(c2ccc(C)o2)N2C(=O)C3C4C=CC(C4)C3C2=O)cc1. The molecule has 32 heavy (non-hydrogen) atoms. The molecule has 1 aliphatic heterocycles. The van der Waals surface area contributed by atoms with Gasteiger partial charge in [0.25, 0.3) is 0 Å². The van der Waals surface area contributed by atoms with Crippen LogP contribution in [-0.4, -0.2) is 29.2 Å². The monoisotopic (exact) mass is 434 g/mol. The van der Waals surface area contributed by atoms with Gasteiger partial charge in [-0.05, 0) is 68.5 Å². The lowest BCUT2D eigenvalue weighted by Crippen LogP contribution is -2.38. The molecule has 1 saturated carbocycles. The minimum Gasteiger partial charge on any atom is -0.494 e. The lowest BCUT2D eigenvalue weighted by Gasteiger charge is -2.26. The molecule has 7 heteroatoms. The molecule has 2 bridgehead atoms. The molecular formula is C25H26N2O5. The van der Waals surface area contributed by atoms with Gasteiger partial charge in [0.05, 0.1) is 24.9 Å². The number of hydrogen-bond donors (Lipinski definition) is 1. The van der Waals surface area contributed by atoms with Crippen LogP contribution in [0.2, 0.25) is 0 Å². The van der Waals surface area contributed by atoms with Crippen molar-refractivity contribution in [3.63, 3.8) is 0 Å². The van der Waals surface area contributed by atoms with Crippen molar-refractivity contribution >= 4 is 23.4 Å². The van der Waals surface area contributed by atoms with Crippen molar-refractivity contribution in [3.05, 3.63) is 60.1 Å². The second-order valence-electron chi connectivity index (χ2n) is 8.72. The van der Waals surface area contributed by atoms with Crippen molar-refractivity contribution in [2.45, 2.75) is 32.7 Å². The van der Waals surface area contributed by atoms with Crippen molar-refractivity contribution in [3.8, 4) is 5.75 Å². The maximum Gasteiger partial charge on any atom is 0.234 e. The number of anilines is 1. The fourth-order valence-corrected chi connectivity index (χ4v) is 5.37. The summed E-state index contributed by atoms with van der Waals surface area (Å²) in [6.07, 6.45) is 4.92. The highest BCUT2D eigenvalue weighted by Crippen LogP contribution is 2.54. The number of carbonyl (C=O) groups excluding carboxylic acids is 3. The molecule has 7 nitrogen and oxygen atoms in total. The molecule has 5 atom stereocenters. The van der Waals surface area contributed by atoms with Gasteiger partial charge in [-0.3, -0.25) is 19.3 Å². The Hall–Kier alpha value is -3.35. The second-order valence-corrected chi connectivity index (χ2v) is 8.72. The van der Waals surface area contributed by atoms with Gasteiger partial charge < -0.3 is 14.5 Å². The number of fused-ring (bicyclic) bond motifs is 5. The summed E-state index contributed by atoms with van der Waals surface area (Å²) in [6.45, 7) is 4.27. The third-order valence-corrected chi connectivity index (χ3v) is 6.73. The summed E-state index contributed by atoms with van der Waals surface area (Å²) in [5.41, 5.74) is 0.617. The largest absolute Gasteiger partial charge is 0.494 e. The van der Waals surface area contributed by atoms with E-state index < -0.39 is 6.04 Å². The van der Waals surface area contributed by atoms with E-state index in [1.807, 2.05) is 6.92 Å². The second kappa shape index (κ2) is 7.97. The highest BCUT2D eigenvalue weighted by Gasteiger charge is 2.60. The summed E-state index contributed by atoms with van der Waals surface area (Å²) >= 11 is 0. The van der Waals surface area contributed by atoms with Crippen LogP contribution in [-0.2, 0) is 14.4 Å². The number of hydrogen-bond acceptors (Lipinski definition) is 5. The summed E-state index contributed by atoms with van der Waals surface area (Å²) < 4.78 is 11.2. The molecule has 166 valence electrons. The summed E-state index contributed by atoms with van der Waals surface area (Å²) in [7, 11) is 0. The van der Waals surface area contributed by atoms with Gasteiger partial charge in [0.15, 0.2) is 0 Å². The first kappa shape index (κ1) is 20.5. The van der Waals surface area contributed by atoms with Crippen LogP contribution in [0.4, 0.5) is 5.69 Å². The summed E-state index contributed by atoms with van der Waals surface area (Å²) in [6, 6.07) is 9.84. The lowest BCUT2D eigenvalue weighted by molar-refractivity contribution is -0.144. The summed E-state index contributed by atoms with van der Waals surface area (Å²) in [5, 5.41) is 2.85. The van der Waals surface area contributed by atoms with Gasteiger partial charge >= 0.3 is 0 Å². The fourth-order valence-electron chi connectivity index (χ4n) is 5.37.